The van der Waals surface area contributed by atoms with Crippen LogP contribution in [0.25, 0.3) is 10.6 Å². The Morgan fingerprint density at radius 2 is 1.67 bits per heavy atom. The molecule has 3 aromatic rings. The fourth-order valence-corrected chi connectivity index (χ4v) is 5.55. The van der Waals surface area contributed by atoms with Crippen LogP contribution in [0.3, 0.4) is 0 Å². The maximum atomic E-state index is 12.8. The van der Waals surface area contributed by atoms with Gasteiger partial charge in [0.15, 0.2) is 0 Å². The zero-order valence-electron chi connectivity index (χ0n) is 19.9. The summed E-state index contributed by atoms with van der Waals surface area (Å²) in [6.07, 6.45) is 1.79. The van der Waals surface area contributed by atoms with Gasteiger partial charge in [0.25, 0.3) is 5.91 Å². The molecule has 11 heteroatoms. The number of sulfonamides is 1. The molecule has 0 aliphatic carbocycles. The predicted molar refractivity (Wildman–Crippen MR) is 138 cm³/mol. The maximum absolute atomic E-state index is 12.8. The van der Waals surface area contributed by atoms with Gasteiger partial charge in [-0.25, -0.2) is 13.1 Å². The number of hydrogen-bond donors (Lipinski definition) is 3. The van der Waals surface area contributed by atoms with Gasteiger partial charge >= 0.3 is 0 Å². The second-order valence-corrected chi connectivity index (χ2v) is 11.3. The molecule has 0 radical (unpaired) electrons. The molecule has 2 amide bonds. The van der Waals surface area contributed by atoms with Gasteiger partial charge in [-0.15, -0.1) is 11.3 Å². The van der Waals surface area contributed by atoms with E-state index in [1.165, 1.54) is 6.07 Å². The van der Waals surface area contributed by atoms with E-state index < -0.39 is 27.8 Å². The number of carbonyl (C=O) groups excluding carboxylic acids is 3. The SMILES string of the molecule is CC(C)C(=O)N[C@@H](Cc1ccccc1)C(=O)C(=O)NCCNS(=O)(=O)c1ccc(-c2ccccn2)s1. The fraction of sp³-hybridized carbons (Fsp3) is 0.280. The third kappa shape index (κ3) is 7.54. The van der Waals surface area contributed by atoms with Crippen LogP contribution in [0.1, 0.15) is 19.4 Å². The quantitative estimate of drug-likeness (QED) is 0.244. The minimum Gasteiger partial charge on any atom is -0.348 e. The number of benzene rings is 1. The third-order valence-electron chi connectivity index (χ3n) is 5.13. The molecule has 3 rings (SSSR count). The summed E-state index contributed by atoms with van der Waals surface area (Å²) >= 11 is 1.08. The Hall–Kier alpha value is -3.41. The number of ketones is 1. The zero-order valence-corrected chi connectivity index (χ0v) is 21.6. The lowest BCUT2D eigenvalue weighted by Gasteiger charge is -2.19. The molecule has 3 N–H and O–H groups in total. The molecular weight excluding hydrogens is 500 g/mol. The van der Waals surface area contributed by atoms with Crippen molar-refractivity contribution < 1.29 is 22.8 Å². The van der Waals surface area contributed by atoms with Crippen LogP contribution >= 0.6 is 11.3 Å². The van der Waals surface area contributed by atoms with Crippen molar-refractivity contribution in [2.24, 2.45) is 5.92 Å². The molecule has 0 bridgehead atoms. The number of pyridine rings is 1. The van der Waals surface area contributed by atoms with Gasteiger partial charge in [-0.05, 0) is 29.8 Å². The van der Waals surface area contributed by atoms with Crippen LogP contribution in [-0.2, 0) is 30.8 Å². The minimum absolute atomic E-state index is 0.0987. The van der Waals surface area contributed by atoms with E-state index in [0.29, 0.717) is 10.6 Å². The highest BCUT2D eigenvalue weighted by molar-refractivity contribution is 7.91. The van der Waals surface area contributed by atoms with Crippen LogP contribution in [0, 0.1) is 5.92 Å². The molecule has 0 spiro atoms. The number of rotatable bonds is 12. The molecule has 2 heterocycles. The summed E-state index contributed by atoms with van der Waals surface area (Å²) in [4.78, 5) is 42.4. The van der Waals surface area contributed by atoms with E-state index in [-0.39, 0.29) is 35.5 Å². The van der Waals surface area contributed by atoms with Gasteiger partial charge in [0.2, 0.25) is 21.7 Å². The summed E-state index contributed by atoms with van der Waals surface area (Å²) in [5, 5.41) is 5.07. The van der Waals surface area contributed by atoms with Crippen molar-refractivity contribution in [3.05, 3.63) is 72.4 Å². The molecule has 0 aliphatic rings. The van der Waals surface area contributed by atoms with E-state index in [1.807, 2.05) is 12.1 Å². The van der Waals surface area contributed by atoms with Crippen molar-refractivity contribution in [2.75, 3.05) is 13.1 Å². The Morgan fingerprint density at radius 1 is 0.944 bits per heavy atom. The Morgan fingerprint density at radius 3 is 2.33 bits per heavy atom. The number of amides is 2. The van der Waals surface area contributed by atoms with Gasteiger partial charge in [-0.1, -0.05) is 50.2 Å². The number of hydrogen-bond acceptors (Lipinski definition) is 7. The first kappa shape index (κ1) is 27.2. The van der Waals surface area contributed by atoms with Crippen molar-refractivity contribution in [1.82, 2.24) is 20.3 Å². The molecule has 2 aromatic heterocycles. The average molecular weight is 529 g/mol. The van der Waals surface area contributed by atoms with Crippen LogP contribution < -0.4 is 15.4 Å². The minimum atomic E-state index is -3.80. The number of carbonyl (C=O) groups is 3. The van der Waals surface area contributed by atoms with Gasteiger partial charge in [-0.2, -0.15) is 0 Å². The Kier molecular flexibility index (Phi) is 9.45. The Labute approximate surface area is 214 Å². The van der Waals surface area contributed by atoms with Crippen LogP contribution in [-0.4, -0.2) is 50.1 Å². The van der Waals surface area contributed by atoms with E-state index in [4.69, 9.17) is 0 Å². The molecule has 9 nitrogen and oxygen atoms in total. The first-order chi connectivity index (χ1) is 17.2. The monoisotopic (exact) mass is 528 g/mol. The highest BCUT2D eigenvalue weighted by Gasteiger charge is 2.28. The number of Topliss-reactive ketones (excluding diaryl/α,β-unsaturated/α-hetero) is 1. The van der Waals surface area contributed by atoms with Crippen molar-refractivity contribution in [3.8, 4) is 10.6 Å². The summed E-state index contributed by atoms with van der Waals surface area (Å²) in [6.45, 7) is 3.18. The molecule has 36 heavy (non-hydrogen) atoms. The second kappa shape index (κ2) is 12.5. The smallest absolute Gasteiger partial charge is 0.289 e. The Bertz CT molecular complexity index is 1290. The lowest BCUT2D eigenvalue weighted by Crippen LogP contribution is -2.50. The predicted octanol–water partition coefficient (Wildman–Crippen LogP) is 2.16. The summed E-state index contributed by atoms with van der Waals surface area (Å²) < 4.78 is 27.7. The lowest BCUT2D eigenvalue weighted by atomic mass is 10.0. The van der Waals surface area contributed by atoms with Gasteiger partial charge in [-0.3, -0.25) is 19.4 Å². The molecule has 0 saturated carbocycles. The van der Waals surface area contributed by atoms with Crippen molar-refractivity contribution >= 4 is 39.0 Å². The van der Waals surface area contributed by atoms with Gasteiger partial charge in [0, 0.05) is 31.6 Å². The van der Waals surface area contributed by atoms with Crippen molar-refractivity contribution in [1.29, 1.82) is 0 Å². The van der Waals surface area contributed by atoms with Crippen molar-refractivity contribution in [2.45, 2.75) is 30.5 Å². The molecule has 0 unspecified atom stereocenters. The van der Waals surface area contributed by atoms with Gasteiger partial charge in [0.05, 0.1) is 10.6 Å². The van der Waals surface area contributed by atoms with E-state index >= 15 is 0 Å². The summed E-state index contributed by atoms with van der Waals surface area (Å²) in [5.74, 6) is -2.39. The number of nitrogens with one attached hydrogen (secondary N) is 3. The van der Waals surface area contributed by atoms with Crippen LogP contribution in [0.5, 0.6) is 0 Å². The summed E-state index contributed by atoms with van der Waals surface area (Å²) in [7, 11) is -3.80. The number of nitrogens with zero attached hydrogens (tertiary/aromatic N) is 1. The Balaban J connectivity index is 1.55. The summed E-state index contributed by atoms with van der Waals surface area (Å²) in [5.41, 5.74) is 1.46. The maximum Gasteiger partial charge on any atom is 0.289 e. The average Bonchev–Trinajstić information content (AvgIpc) is 3.38. The number of thiophene rings is 1. The van der Waals surface area contributed by atoms with E-state index in [0.717, 1.165) is 16.9 Å². The van der Waals surface area contributed by atoms with E-state index in [2.05, 4.69) is 20.3 Å². The van der Waals surface area contributed by atoms with E-state index in [9.17, 15) is 22.8 Å². The zero-order chi connectivity index (χ0) is 26.1. The van der Waals surface area contributed by atoms with Crippen LogP contribution in [0.15, 0.2) is 71.1 Å². The number of aromatic nitrogens is 1. The highest BCUT2D eigenvalue weighted by atomic mass is 32.2. The third-order valence-corrected chi connectivity index (χ3v) is 8.19. The van der Waals surface area contributed by atoms with Crippen LogP contribution in [0.2, 0.25) is 0 Å². The van der Waals surface area contributed by atoms with Gasteiger partial charge in [0.1, 0.15) is 10.3 Å². The molecule has 190 valence electrons. The topological polar surface area (TPSA) is 134 Å². The van der Waals surface area contributed by atoms with Gasteiger partial charge < -0.3 is 10.6 Å². The molecule has 1 atom stereocenters. The fourth-order valence-electron chi connectivity index (χ4n) is 3.19. The molecule has 0 saturated heterocycles. The summed E-state index contributed by atoms with van der Waals surface area (Å²) in [6, 6.07) is 16.6. The van der Waals surface area contributed by atoms with Crippen LogP contribution in [0.4, 0.5) is 0 Å². The first-order valence-corrected chi connectivity index (χ1v) is 13.6. The normalized spacial score (nSPS) is 12.2. The molecule has 0 aliphatic heterocycles. The molecule has 0 fully saturated rings. The second-order valence-electron chi connectivity index (χ2n) is 8.26. The largest absolute Gasteiger partial charge is 0.348 e. The first-order valence-electron chi connectivity index (χ1n) is 11.3. The van der Waals surface area contributed by atoms with E-state index in [1.54, 1.807) is 62.5 Å². The highest BCUT2D eigenvalue weighted by Crippen LogP contribution is 2.29. The molecule has 1 aromatic carbocycles. The molecular formula is C25H28N4O5S2. The lowest BCUT2D eigenvalue weighted by molar-refractivity contribution is -0.140. The standard InChI is InChI=1S/C25H28N4O5S2/c1-17(2)24(31)29-20(16-18-8-4-3-5-9-18)23(30)25(32)27-14-15-28-36(33,34)22-12-11-21(35-22)19-10-6-7-13-26-19/h3-13,17,20,28H,14-16H2,1-2H3,(H,27,32)(H,29,31)/t20-/m0/s1. The van der Waals surface area contributed by atoms with Crippen molar-refractivity contribution in [3.63, 3.8) is 0 Å².